The van der Waals surface area contributed by atoms with Crippen LogP contribution in [0.5, 0.6) is 11.5 Å². The van der Waals surface area contributed by atoms with Gasteiger partial charge in [0.1, 0.15) is 17.3 Å². The fraction of sp³-hybridized carbons (Fsp3) is 0.263. The Morgan fingerprint density at radius 3 is 2.68 bits per heavy atom. The molecule has 28 heavy (non-hydrogen) atoms. The average Bonchev–Trinajstić information content (AvgIpc) is 2.89. The molecule has 0 amide bonds. The molecule has 1 aliphatic carbocycles. The zero-order valence-electron chi connectivity index (χ0n) is 14.6. The summed E-state index contributed by atoms with van der Waals surface area (Å²) in [4.78, 5) is 11.0. The van der Waals surface area contributed by atoms with Gasteiger partial charge in [0.2, 0.25) is 0 Å². The number of hydrogen-bond donors (Lipinski definition) is 1. The predicted molar refractivity (Wildman–Crippen MR) is 102 cm³/mol. The van der Waals surface area contributed by atoms with Gasteiger partial charge in [0.15, 0.2) is 9.84 Å². The Morgan fingerprint density at radius 1 is 1.36 bits per heavy atom. The molecule has 9 heteroatoms. The van der Waals surface area contributed by atoms with Gasteiger partial charge < -0.3 is 9.84 Å². The molecule has 2 atom stereocenters. The van der Waals surface area contributed by atoms with Crippen molar-refractivity contribution in [2.24, 2.45) is 0 Å². The van der Waals surface area contributed by atoms with E-state index in [2.05, 4.69) is 15.9 Å². The highest BCUT2D eigenvalue weighted by Gasteiger charge is 2.37. The van der Waals surface area contributed by atoms with E-state index in [9.17, 15) is 22.7 Å². The summed E-state index contributed by atoms with van der Waals surface area (Å²) in [5.41, 5.74) is 1.01. The molecule has 0 saturated carbocycles. The first-order chi connectivity index (χ1) is 13.1. The first-order valence-corrected chi connectivity index (χ1v) is 11.0. The van der Waals surface area contributed by atoms with E-state index in [-0.39, 0.29) is 33.2 Å². The largest absolute Gasteiger partial charge is 0.481 e. The number of fused-ring (bicyclic) bond motifs is 1. The highest BCUT2D eigenvalue weighted by Crippen LogP contribution is 2.53. The number of sulfone groups is 1. The number of ether oxygens (including phenoxy) is 1. The number of aliphatic carboxylic acids is 1. The van der Waals surface area contributed by atoms with Gasteiger partial charge in [0, 0.05) is 22.7 Å². The number of nitriles is 1. The first-order valence-electron chi connectivity index (χ1n) is 8.21. The SMILES string of the molecule is CS(=O)(=O)c1ccc(Oc2cc(F)cc(C#N)c2)c2c1[C@H](CC(=O)O)C[C@H]2Br. The molecule has 2 aromatic carbocycles. The number of alkyl halides is 1. The van der Waals surface area contributed by atoms with Gasteiger partial charge in [-0.2, -0.15) is 5.26 Å². The van der Waals surface area contributed by atoms with Crippen molar-refractivity contribution in [3.05, 3.63) is 52.8 Å². The zero-order chi connectivity index (χ0) is 20.6. The van der Waals surface area contributed by atoms with Crippen LogP contribution >= 0.6 is 15.9 Å². The molecule has 1 N–H and O–H groups in total. The molecule has 0 heterocycles. The van der Waals surface area contributed by atoms with Gasteiger partial charge in [-0.15, -0.1) is 0 Å². The van der Waals surface area contributed by atoms with Crippen LogP contribution in [0.2, 0.25) is 0 Å². The van der Waals surface area contributed by atoms with Crippen molar-refractivity contribution in [1.82, 2.24) is 0 Å². The van der Waals surface area contributed by atoms with Crippen LogP contribution in [-0.4, -0.2) is 25.7 Å². The Bertz CT molecular complexity index is 1110. The van der Waals surface area contributed by atoms with Crippen molar-refractivity contribution in [2.75, 3.05) is 6.26 Å². The summed E-state index contributed by atoms with van der Waals surface area (Å²) in [6.07, 6.45) is 1.23. The topological polar surface area (TPSA) is 104 Å². The Kier molecular flexibility index (Phi) is 5.46. The van der Waals surface area contributed by atoms with E-state index in [0.717, 1.165) is 18.4 Å². The maximum absolute atomic E-state index is 13.7. The van der Waals surface area contributed by atoms with E-state index in [4.69, 9.17) is 10.00 Å². The summed E-state index contributed by atoms with van der Waals surface area (Å²) in [6.45, 7) is 0. The Morgan fingerprint density at radius 2 is 2.07 bits per heavy atom. The predicted octanol–water partition coefficient (Wildman–Crippen LogP) is 4.29. The normalized spacial score (nSPS) is 18.4. The summed E-state index contributed by atoms with van der Waals surface area (Å²) in [5, 5.41) is 18.2. The maximum Gasteiger partial charge on any atom is 0.303 e. The van der Waals surface area contributed by atoms with Crippen molar-refractivity contribution in [3.8, 4) is 17.6 Å². The quantitative estimate of drug-likeness (QED) is 0.657. The fourth-order valence-electron chi connectivity index (χ4n) is 3.45. The molecule has 146 valence electrons. The molecule has 0 bridgehead atoms. The second-order valence-corrected chi connectivity index (χ2v) is 9.64. The Balaban J connectivity index is 2.15. The number of hydrogen-bond acceptors (Lipinski definition) is 5. The van der Waals surface area contributed by atoms with Crippen LogP contribution in [0.4, 0.5) is 4.39 Å². The molecular weight excluding hydrogens is 453 g/mol. The molecular formula is C19H15BrFNO5S. The van der Waals surface area contributed by atoms with Crippen molar-refractivity contribution < 1.29 is 27.4 Å². The standard InChI is InChI=1S/C19H15BrFNO5S/c1-28(25,26)16-3-2-15(27-13-5-10(9-22)4-12(21)8-13)19-14(20)6-11(18(16)19)7-17(23)24/h2-5,8,11,14H,6-7H2,1H3,(H,23,24)/t11-,14+/m0/s1. The number of nitrogens with zero attached hydrogens (tertiary/aromatic N) is 1. The molecule has 2 aromatic rings. The molecule has 6 nitrogen and oxygen atoms in total. The third-order valence-corrected chi connectivity index (χ3v) is 6.46. The van der Waals surface area contributed by atoms with Crippen molar-refractivity contribution in [1.29, 1.82) is 5.26 Å². The van der Waals surface area contributed by atoms with Gasteiger partial charge in [-0.3, -0.25) is 4.79 Å². The van der Waals surface area contributed by atoms with Crippen LogP contribution in [0, 0.1) is 17.1 Å². The lowest BCUT2D eigenvalue weighted by molar-refractivity contribution is -0.137. The highest BCUT2D eigenvalue weighted by molar-refractivity contribution is 9.09. The summed E-state index contributed by atoms with van der Waals surface area (Å²) < 4.78 is 44.0. The van der Waals surface area contributed by atoms with E-state index < -0.39 is 27.5 Å². The van der Waals surface area contributed by atoms with Gasteiger partial charge in [0.25, 0.3) is 0 Å². The molecule has 1 aliphatic rings. The third kappa shape index (κ3) is 4.03. The minimum Gasteiger partial charge on any atom is -0.481 e. The monoisotopic (exact) mass is 467 g/mol. The van der Waals surface area contributed by atoms with Gasteiger partial charge in [-0.25, -0.2) is 12.8 Å². The third-order valence-electron chi connectivity index (χ3n) is 4.47. The Hall–Kier alpha value is -2.44. The number of carbonyl (C=O) groups is 1. The van der Waals surface area contributed by atoms with Crippen LogP contribution in [0.25, 0.3) is 0 Å². The highest BCUT2D eigenvalue weighted by atomic mass is 79.9. The average molecular weight is 468 g/mol. The number of benzene rings is 2. The second kappa shape index (κ2) is 7.53. The van der Waals surface area contributed by atoms with Crippen LogP contribution in [0.1, 0.15) is 40.3 Å². The van der Waals surface area contributed by atoms with Crippen molar-refractivity contribution in [3.63, 3.8) is 0 Å². The summed E-state index contributed by atoms with van der Waals surface area (Å²) >= 11 is 3.48. The molecule has 0 unspecified atom stereocenters. The maximum atomic E-state index is 13.7. The minimum absolute atomic E-state index is 0.0556. The lowest BCUT2D eigenvalue weighted by Crippen LogP contribution is -2.09. The lowest BCUT2D eigenvalue weighted by Gasteiger charge is -2.17. The molecule has 0 aromatic heterocycles. The van der Waals surface area contributed by atoms with Gasteiger partial charge in [-0.1, -0.05) is 15.9 Å². The summed E-state index contributed by atoms with van der Waals surface area (Å²) in [5.74, 6) is -1.81. The minimum atomic E-state index is -3.60. The smallest absolute Gasteiger partial charge is 0.303 e. The van der Waals surface area contributed by atoms with Gasteiger partial charge in [-0.05, 0) is 42.2 Å². The molecule has 0 aliphatic heterocycles. The zero-order valence-corrected chi connectivity index (χ0v) is 17.0. The van der Waals surface area contributed by atoms with Gasteiger partial charge in [0.05, 0.1) is 22.9 Å². The van der Waals surface area contributed by atoms with Crippen molar-refractivity contribution >= 4 is 31.7 Å². The van der Waals surface area contributed by atoms with E-state index in [1.165, 1.54) is 18.2 Å². The molecule has 0 spiro atoms. The van der Waals surface area contributed by atoms with E-state index in [1.807, 2.05) is 6.07 Å². The molecule has 0 fully saturated rings. The number of halogens is 2. The molecule has 0 saturated heterocycles. The van der Waals surface area contributed by atoms with Crippen LogP contribution in [0.3, 0.4) is 0 Å². The lowest BCUT2D eigenvalue weighted by atomic mass is 9.97. The number of carboxylic acids is 1. The first kappa shape index (κ1) is 20.3. The molecule has 3 rings (SSSR count). The Labute approximate surface area is 169 Å². The van der Waals surface area contributed by atoms with E-state index >= 15 is 0 Å². The van der Waals surface area contributed by atoms with E-state index in [0.29, 0.717) is 17.5 Å². The molecule has 0 radical (unpaired) electrons. The summed E-state index contributed by atoms with van der Waals surface area (Å²) in [6, 6.07) is 8.22. The summed E-state index contributed by atoms with van der Waals surface area (Å²) in [7, 11) is -3.60. The van der Waals surface area contributed by atoms with Crippen LogP contribution in [-0.2, 0) is 14.6 Å². The number of carboxylic acid groups (broad SMARTS) is 1. The van der Waals surface area contributed by atoms with Crippen LogP contribution in [0.15, 0.2) is 35.2 Å². The second-order valence-electron chi connectivity index (χ2n) is 6.55. The fourth-order valence-corrected chi connectivity index (χ4v) is 5.36. The van der Waals surface area contributed by atoms with Gasteiger partial charge >= 0.3 is 5.97 Å². The van der Waals surface area contributed by atoms with Crippen molar-refractivity contribution in [2.45, 2.75) is 28.5 Å². The van der Waals surface area contributed by atoms with Crippen LogP contribution < -0.4 is 4.74 Å². The van der Waals surface area contributed by atoms with E-state index in [1.54, 1.807) is 0 Å². The number of rotatable bonds is 5.